The standard InChI is InChI=1S/C25H54N2O4Si/c1-6-8-9-10-11-12-13-14-15-16-17-18-19-20-21-22-24-27(23-7-2)25(28)26-32(29-3,30-4)31-5/h6-24H2,1-5H3,(H,26,28). The molecule has 0 aromatic carbocycles. The van der Waals surface area contributed by atoms with Gasteiger partial charge in [0.05, 0.1) is 0 Å². The van der Waals surface area contributed by atoms with Crippen LogP contribution in [0.2, 0.25) is 0 Å². The summed E-state index contributed by atoms with van der Waals surface area (Å²) in [5.74, 6) is 0. The Kier molecular flexibility index (Phi) is 21.7. The van der Waals surface area contributed by atoms with Crippen molar-refractivity contribution in [3.05, 3.63) is 0 Å². The lowest BCUT2D eigenvalue weighted by Gasteiger charge is -2.29. The minimum atomic E-state index is -3.10. The summed E-state index contributed by atoms with van der Waals surface area (Å²) < 4.78 is 15.9. The van der Waals surface area contributed by atoms with Crippen molar-refractivity contribution >= 4 is 15.0 Å². The van der Waals surface area contributed by atoms with E-state index in [9.17, 15) is 4.79 Å². The SMILES string of the molecule is CCCCCCCCCCCCCCCCCCN(CCC)C(=O)N[Si](OC)(OC)OC. The molecule has 0 rings (SSSR count). The molecule has 0 unspecified atom stereocenters. The van der Waals surface area contributed by atoms with Crippen LogP contribution < -0.4 is 4.98 Å². The Labute approximate surface area is 200 Å². The first kappa shape index (κ1) is 31.4. The van der Waals surface area contributed by atoms with Crippen molar-refractivity contribution in [2.24, 2.45) is 0 Å². The molecule has 2 amide bonds. The quantitative estimate of drug-likeness (QED) is 0.127. The van der Waals surface area contributed by atoms with Crippen LogP contribution in [0.15, 0.2) is 0 Å². The first-order valence-corrected chi connectivity index (χ1v) is 15.0. The Hall–Kier alpha value is -0.633. The normalized spacial score (nSPS) is 11.7. The van der Waals surface area contributed by atoms with E-state index in [4.69, 9.17) is 13.3 Å². The molecule has 0 aromatic rings. The summed E-state index contributed by atoms with van der Waals surface area (Å²) in [5, 5.41) is 0. The van der Waals surface area contributed by atoms with Crippen molar-refractivity contribution in [1.29, 1.82) is 0 Å². The van der Waals surface area contributed by atoms with Crippen molar-refractivity contribution in [1.82, 2.24) is 9.88 Å². The zero-order valence-electron chi connectivity index (χ0n) is 22.0. The number of amides is 2. The number of hydrogen-bond acceptors (Lipinski definition) is 4. The zero-order chi connectivity index (χ0) is 23.9. The molecule has 0 bridgehead atoms. The molecular weight excluding hydrogens is 420 g/mol. The molecule has 7 heteroatoms. The summed E-state index contributed by atoms with van der Waals surface area (Å²) in [4.78, 5) is 17.3. The molecule has 0 fully saturated rings. The molecule has 1 N–H and O–H groups in total. The van der Waals surface area contributed by atoms with E-state index in [1.807, 2.05) is 4.90 Å². The van der Waals surface area contributed by atoms with Crippen molar-refractivity contribution in [2.75, 3.05) is 34.4 Å². The molecule has 0 spiro atoms. The van der Waals surface area contributed by atoms with E-state index in [-0.39, 0.29) is 6.03 Å². The molecule has 0 radical (unpaired) electrons. The smallest absolute Gasteiger partial charge is 0.360 e. The number of carbonyl (C=O) groups excluding carboxylic acids is 1. The Morgan fingerprint density at radius 3 is 1.31 bits per heavy atom. The van der Waals surface area contributed by atoms with Gasteiger partial charge >= 0.3 is 15.0 Å². The maximum absolute atomic E-state index is 12.6. The van der Waals surface area contributed by atoms with E-state index in [1.54, 1.807) is 0 Å². The maximum Gasteiger partial charge on any atom is 0.633 e. The Morgan fingerprint density at radius 2 is 0.969 bits per heavy atom. The van der Waals surface area contributed by atoms with Crippen LogP contribution in [0.1, 0.15) is 123 Å². The van der Waals surface area contributed by atoms with Gasteiger partial charge in [-0.15, -0.1) is 0 Å². The maximum atomic E-state index is 12.6. The third-order valence-corrected chi connectivity index (χ3v) is 8.26. The molecular formula is C25H54N2O4Si. The van der Waals surface area contributed by atoms with Crippen molar-refractivity contribution in [3.8, 4) is 0 Å². The molecule has 0 saturated carbocycles. The second kappa shape index (κ2) is 22.2. The van der Waals surface area contributed by atoms with E-state index >= 15 is 0 Å². The Morgan fingerprint density at radius 1 is 0.594 bits per heavy atom. The number of nitrogens with zero attached hydrogens (tertiary/aromatic N) is 1. The molecule has 0 aromatic heterocycles. The van der Waals surface area contributed by atoms with Gasteiger partial charge in [-0.1, -0.05) is 110 Å². The van der Waals surface area contributed by atoms with Crippen LogP contribution in [0.5, 0.6) is 0 Å². The number of unbranched alkanes of at least 4 members (excludes halogenated alkanes) is 15. The summed E-state index contributed by atoms with van der Waals surface area (Å²) in [6.45, 7) is 5.86. The van der Waals surface area contributed by atoms with Crippen LogP contribution in [0.4, 0.5) is 4.79 Å². The van der Waals surface area contributed by atoms with Crippen molar-refractivity contribution in [3.63, 3.8) is 0 Å². The van der Waals surface area contributed by atoms with Gasteiger partial charge < -0.3 is 18.2 Å². The van der Waals surface area contributed by atoms with Crippen molar-refractivity contribution in [2.45, 2.75) is 123 Å². The van der Waals surface area contributed by atoms with Gasteiger partial charge in [0.25, 0.3) is 0 Å². The number of hydrogen-bond donors (Lipinski definition) is 1. The topological polar surface area (TPSA) is 60.0 Å². The van der Waals surface area contributed by atoms with Gasteiger partial charge in [0.1, 0.15) is 0 Å². The highest BCUT2D eigenvalue weighted by Gasteiger charge is 2.42. The average molecular weight is 475 g/mol. The van der Waals surface area contributed by atoms with E-state index in [1.165, 1.54) is 118 Å². The molecule has 0 aliphatic rings. The highest BCUT2D eigenvalue weighted by atomic mass is 28.4. The monoisotopic (exact) mass is 474 g/mol. The van der Waals surface area contributed by atoms with Gasteiger partial charge in [-0.2, -0.15) is 0 Å². The Balaban J connectivity index is 3.72. The molecule has 6 nitrogen and oxygen atoms in total. The fourth-order valence-electron chi connectivity index (χ4n) is 4.05. The highest BCUT2D eigenvalue weighted by molar-refractivity contribution is 6.60. The summed E-state index contributed by atoms with van der Waals surface area (Å²) in [5.41, 5.74) is 0. The number of nitrogens with one attached hydrogen (secondary N) is 1. The fraction of sp³-hybridized carbons (Fsp3) is 0.960. The lowest BCUT2D eigenvalue weighted by atomic mass is 10.0. The largest absolute Gasteiger partial charge is 0.633 e. The number of urea groups is 1. The number of carbonyl (C=O) groups is 1. The summed E-state index contributed by atoms with van der Waals surface area (Å²) in [6.07, 6.45) is 22.6. The van der Waals surface area contributed by atoms with Gasteiger partial charge in [-0.25, -0.2) is 4.79 Å². The second-order valence-corrected chi connectivity index (χ2v) is 11.5. The summed E-state index contributed by atoms with van der Waals surface area (Å²) in [7, 11) is 1.39. The van der Waals surface area contributed by atoms with Gasteiger partial charge in [0, 0.05) is 34.4 Å². The van der Waals surface area contributed by atoms with E-state index in [2.05, 4.69) is 18.8 Å². The van der Waals surface area contributed by atoms with Gasteiger partial charge in [-0.05, 0) is 12.8 Å². The Bertz CT molecular complexity index is 414. The van der Waals surface area contributed by atoms with Gasteiger partial charge in [-0.3, -0.25) is 4.98 Å². The third kappa shape index (κ3) is 16.1. The lowest BCUT2D eigenvalue weighted by Crippen LogP contribution is -2.62. The predicted molar refractivity (Wildman–Crippen MR) is 137 cm³/mol. The highest BCUT2D eigenvalue weighted by Crippen LogP contribution is 2.14. The zero-order valence-corrected chi connectivity index (χ0v) is 23.0. The van der Waals surface area contributed by atoms with Crippen LogP contribution in [-0.4, -0.2) is 54.3 Å². The molecule has 0 heterocycles. The van der Waals surface area contributed by atoms with Crippen molar-refractivity contribution < 1.29 is 18.1 Å². The van der Waals surface area contributed by atoms with E-state index in [0.717, 1.165) is 25.9 Å². The lowest BCUT2D eigenvalue weighted by molar-refractivity contribution is 0.108. The second-order valence-electron chi connectivity index (χ2n) is 8.89. The van der Waals surface area contributed by atoms with E-state index in [0.29, 0.717) is 0 Å². The summed E-state index contributed by atoms with van der Waals surface area (Å²) >= 11 is 0. The van der Waals surface area contributed by atoms with Crippen LogP contribution in [0.3, 0.4) is 0 Å². The first-order chi connectivity index (χ1) is 15.6. The van der Waals surface area contributed by atoms with E-state index < -0.39 is 8.97 Å². The minimum Gasteiger partial charge on any atom is -0.360 e. The third-order valence-electron chi connectivity index (χ3n) is 6.13. The molecule has 0 atom stereocenters. The molecule has 0 aliphatic carbocycles. The molecule has 0 saturated heterocycles. The van der Waals surface area contributed by atoms with Crippen LogP contribution >= 0.6 is 0 Å². The van der Waals surface area contributed by atoms with Gasteiger partial charge in [0.15, 0.2) is 0 Å². The molecule has 0 aliphatic heterocycles. The summed E-state index contributed by atoms with van der Waals surface area (Å²) in [6, 6.07) is -0.162. The first-order valence-electron chi connectivity index (χ1n) is 13.3. The minimum absolute atomic E-state index is 0.162. The van der Waals surface area contributed by atoms with Crippen LogP contribution in [0.25, 0.3) is 0 Å². The van der Waals surface area contributed by atoms with Crippen LogP contribution in [0, 0.1) is 0 Å². The molecule has 192 valence electrons. The fourth-order valence-corrected chi connectivity index (χ4v) is 5.27. The predicted octanol–water partition coefficient (Wildman–Crippen LogP) is 7.04. The van der Waals surface area contributed by atoms with Crippen LogP contribution in [-0.2, 0) is 13.3 Å². The average Bonchev–Trinajstić information content (AvgIpc) is 2.81. The number of rotatable bonds is 23. The van der Waals surface area contributed by atoms with Gasteiger partial charge in [0.2, 0.25) is 0 Å². The molecule has 32 heavy (non-hydrogen) atoms.